The molecule has 4 rings (SSSR count). The van der Waals surface area contributed by atoms with Crippen LogP contribution in [-0.2, 0) is 6.54 Å². The van der Waals surface area contributed by atoms with Crippen LogP contribution >= 0.6 is 0 Å². The molecule has 0 spiro atoms. The Kier molecular flexibility index (Phi) is 3.50. The summed E-state index contributed by atoms with van der Waals surface area (Å²) in [4.78, 5) is 29.6. The Hall–Kier alpha value is -3.21. The molecule has 5 heteroatoms. The lowest BCUT2D eigenvalue weighted by atomic mass is 10.0. The lowest BCUT2D eigenvalue weighted by Gasteiger charge is -2.07. The summed E-state index contributed by atoms with van der Waals surface area (Å²) in [5.41, 5.74) is 3.57. The minimum atomic E-state index is -0.348. The summed E-state index contributed by atoms with van der Waals surface area (Å²) >= 11 is 0. The molecule has 4 aromatic rings. The number of aryl methyl sites for hydroxylation is 2. The van der Waals surface area contributed by atoms with Crippen molar-refractivity contribution in [1.29, 1.82) is 0 Å². The van der Waals surface area contributed by atoms with E-state index in [1.807, 2.05) is 44.2 Å². The van der Waals surface area contributed by atoms with Gasteiger partial charge in [0.25, 0.3) is 5.56 Å². The topological polar surface area (TPSA) is 65.1 Å². The van der Waals surface area contributed by atoms with Gasteiger partial charge in [-0.25, -0.2) is 4.98 Å². The smallest absolute Gasteiger partial charge is 0.297 e. The Labute approximate surface area is 143 Å². The van der Waals surface area contributed by atoms with E-state index in [-0.39, 0.29) is 23.5 Å². The Morgan fingerprint density at radius 1 is 1.16 bits per heavy atom. The molecule has 0 aliphatic carbocycles. The van der Waals surface area contributed by atoms with E-state index in [1.165, 1.54) is 10.9 Å². The second-order valence-electron chi connectivity index (χ2n) is 6.20. The standard InChI is InChI=1S/C20H16N2O3/c1-12-7-8-14(13(2)9-12)16(23)10-22-11-21-18-15-5-3-4-6-17(15)25-19(18)20(22)24/h3-9,11H,10H2,1-2H3. The number of nitrogens with zero attached hydrogens (tertiary/aromatic N) is 2. The average molecular weight is 332 g/mol. The lowest BCUT2D eigenvalue weighted by Crippen LogP contribution is -2.24. The minimum absolute atomic E-state index is 0.0667. The molecule has 124 valence electrons. The number of Topliss-reactive ketones (excluding diaryl/α,β-unsaturated/α-hetero) is 1. The Bertz CT molecular complexity index is 1180. The quantitative estimate of drug-likeness (QED) is 0.537. The molecule has 0 fully saturated rings. The number of hydrogen-bond acceptors (Lipinski definition) is 4. The maximum atomic E-state index is 12.7. The van der Waals surface area contributed by atoms with Crippen LogP contribution in [0.2, 0.25) is 0 Å². The van der Waals surface area contributed by atoms with Crippen LogP contribution in [0.4, 0.5) is 0 Å². The van der Waals surface area contributed by atoms with Crippen molar-refractivity contribution < 1.29 is 9.21 Å². The zero-order valence-electron chi connectivity index (χ0n) is 13.9. The van der Waals surface area contributed by atoms with E-state index in [1.54, 1.807) is 12.1 Å². The molecule has 0 unspecified atom stereocenters. The summed E-state index contributed by atoms with van der Waals surface area (Å²) in [5.74, 6) is -0.128. The Balaban J connectivity index is 1.77. The molecule has 0 aliphatic heterocycles. The zero-order valence-corrected chi connectivity index (χ0v) is 13.9. The molecule has 0 bridgehead atoms. The predicted octanol–water partition coefficient (Wildman–Crippen LogP) is 3.64. The number of furan rings is 1. The number of ketones is 1. The zero-order chi connectivity index (χ0) is 17.6. The van der Waals surface area contributed by atoms with Gasteiger partial charge in [-0.05, 0) is 31.5 Å². The first-order chi connectivity index (χ1) is 12.0. The molecule has 5 nitrogen and oxygen atoms in total. The van der Waals surface area contributed by atoms with E-state index in [9.17, 15) is 9.59 Å². The van der Waals surface area contributed by atoms with Gasteiger partial charge < -0.3 is 4.42 Å². The van der Waals surface area contributed by atoms with E-state index in [0.717, 1.165) is 16.5 Å². The fourth-order valence-corrected chi connectivity index (χ4v) is 3.09. The van der Waals surface area contributed by atoms with Crippen LogP contribution in [0.25, 0.3) is 22.1 Å². The first-order valence-electron chi connectivity index (χ1n) is 8.02. The van der Waals surface area contributed by atoms with Crippen molar-refractivity contribution in [3.63, 3.8) is 0 Å². The van der Waals surface area contributed by atoms with Crippen LogP contribution in [0.5, 0.6) is 0 Å². The van der Waals surface area contributed by atoms with Crippen LogP contribution in [0, 0.1) is 13.8 Å². The largest absolute Gasteiger partial charge is 0.448 e. The summed E-state index contributed by atoms with van der Waals surface area (Å²) in [6.07, 6.45) is 1.41. The number of aromatic nitrogens is 2. The third-order valence-corrected chi connectivity index (χ3v) is 4.35. The molecule has 0 N–H and O–H groups in total. The van der Waals surface area contributed by atoms with Crippen molar-refractivity contribution in [2.75, 3.05) is 0 Å². The molecule has 0 radical (unpaired) electrons. The molecular formula is C20H16N2O3. The second kappa shape index (κ2) is 5.70. The molecule has 0 aliphatic rings. The normalized spacial score (nSPS) is 11.3. The third kappa shape index (κ3) is 2.54. The summed E-state index contributed by atoms with van der Waals surface area (Å²) in [6, 6.07) is 13.0. The summed E-state index contributed by atoms with van der Waals surface area (Å²) in [6.45, 7) is 3.80. The number of rotatable bonds is 3. The molecule has 2 heterocycles. The van der Waals surface area contributed by atoms with Gasteiger partial charge in [0.2, 0.25) is 5.58 Å². The van der Waals surface area contributed by atoms with Crippen molar-refractivity contribution in [1.82, 2.24) is 9.55 Å². The first-order valence-corrected chi connectivity index (χ1v) is 8.02. The van der Waals surface area contributed by atoms with Gasteiger partial charge in [0.05, 0.1) is 12.9 Å². The van der Waals surface area contributed by atoms with E-state index in [0.29, 0.717) is 16.7 Å². The fraction of sp³-hybridized carbons (Fsp3) is 0.150. The van der Waals surface area contributed by atoms with Crippen molar-refractivity contribution >= 4 is 27.9 Å². The molecule has 0 amide bonds. The highest BCUT2D eigenvalue weighted by Gasteiger charge is 2.16. The molecule has 25 heavy (non-hydrogen) atoms. The van der Waals surface area contributed by atoms with Gasteiger partial charge in [-0.2, -0.15) is 0 Å². The summed E-state index contributed by atoms with van der Waals surface area (Å²) < 4.78 is 6.94. The van der Waals surface area contributed by atoms with Gasteiger partial charge in [-0.3, -0.25) is 14.2 Å². The minimum Gasteiger partial charge on any atom is -0.448 e. The molecule has 0 saturated carbocycles. The number of carbonyl (C=O) groups excluding carboxylic acids is 1. The van der Waals surface area contributed by atoms with Crippen molar-refractivity contribution in [2.45, 2.75) is 20.4 Å². The average Bonchev–Trinajstić information content (AvgIpc) is 2.97. The highest BCUT2D eigenvalue weighted by atomic mass is 16.3. The van der Waals surface area contributed by atoms with Gasteiger partial charge in [-0.15, -0.1) is 0 Å². The molecule has 0 saturated heterocycles. The van der Waals surface area contributed by atoms with Gasteiger partial charge in [0.15, 0.2) is 5.78 Å². The summed E-state index contributed by atoms with van der Waals surface area (Å²) in [5, 5.41) is 0.794. The van der Waals surface area contributed by atoms with E-state index in [4.69, 9.17) is 4.42 Å². The molecule has 0 atom stereocenters. The van der Waals surface area contributed by atoms with Crippen molar-refractivity contribution in [3.05, 3.63) is 75.8 Å². The number of fused-ring (bicyclic) bond motifs is 3. The van der Waals surface area contributed by atoms with Crippen LogP contribution in [0.15, 0.2) is 58.0 Å². The highest BCUT2D eigenvalue weighted by Crippen LogP contribution is 2.24. The third-order valence-electron chi connectivity index (χ3n) is 4.35. The van der Waals surface area contributed by atoms with Gasteiger partial charge in [0, 0.05) is 10.9 Å². The highest BCUT2D eigenvalue weighted by molar-refractivity contribution is 6.02. The molecule has 2 aromatic carbocycles. The number of benzene rings is 2. The number of para-hydroxylation sites is 1. The predicted molar refractivity (Wildman–Crippen MR) is 96.0 cm³/mol. The van der Waals surface area contributed by atoms with Crippen molar-refractivity contribution in [3.8, 4) is 0 Å². The maximum Gasteiger partial charge on any atom is 0.297 e. The number of hydrogen-bond donors (Lipinski definition) is 0. The van der Waals surface area contributed by atoms with E-state index >= 15 is 0 Å². The Morgan fingerprint density at radius 2 is 1.96 bits per heavy atom. The van der Waals surface area contributed by atoms with Crippen LogP contribution in [-0.4, -0.2) is 15.3 Å². The maximum absolute atomic E-state index is 12.7. The van der Waals surface area contributed by atoms with Crippen LogP contribution in [0.3, 0.4) is 0 Å². The fourth-order valence-electron chi connectivity index (χ4n) is 3.09. The van der Waals surface area contributed by atoms with E-state index < -0.39 is 0 Å². The van der Waals surface area contributed by atoms with Gasteiger partial charge in [-0.1, -0.05) is 35.9 Å². The number of carbonyl (C=O) groups is 1. The molecular weight excluding hydrogens is 316 g/mol. The monoisotopic (exact) mass is 332 g/mol. The van der Waals surface area contributed by atoms with Gasteiger partial charge in [0.1, 0.15) is 11.1 Å². The Morgan fingerprint density at radius 3 is 2.76 bits per heavy atom. The molecule has 2 aromatic heterocycles. The second-order valence-corrected chi connectivity index (χ2v) is 6.20. The van der Waals surface area contributed by atoms with E-state index in [2.05, 4.69) is 4.98 Å². The summed E-state index contributed by atoms with van der Waals surface area (Å²) in [7, 11) is 0. The van der Waals surface area contributed by atoms with Crippen molar-refractivity contribution in [2.24, 2.45) is 0 Å². The first kappa shape index (κ1) is 15.3. The van der Waals surface area contributed by atoms with Crippen LogP contribution in [0.1, 0.15) is 21.5 Å². The lowest BCUT2D eigenvalue weighted by molar-refractivity contribution is 0.0970. The van der Waals surface area contributed by atoms with Crippen LogP contribution < -0.4 is 5.56 Å². The SMILES string of the molecule is Cc1ccc(C(=O)Cn2cnc3c(oc4ccccc43)c2=O)c(C)c1. The van der Waals surface area contributed by atoms with Gasteiger partial charge >= 0.3 is 0 Å².